The minimum atomic E-state index is -0.523. The van der Waals surface area contributed by atoms with E-state index in [1.807, 2.05) is 0 Å². The van der Waals surface area contributed by atoms with Gasteiger partial charge in [-0.1, -0.05) is 36.0 Å². The van der Waals surface area contributed by atoms with Gasteiger partial charge in [0.15, 0.2) is 0 Å². The Morgan fingerprint density at radius 1 is 1.30 bits per heavy atom. The highest BCUT2D eigenvalue weighted by atomic mass is 35.5. The topological polar surface area (TPSA) is 64.4 Å². The smallest absolute Gasteiger partial charge is 0.272 e. The van der Waals surface area contributed by atoms with E-state index in [1.54, 1.807) is 0 Å². The first-order valence-corrected chi connectivity index (χ1v) is 7.32. The second kappa shape index (κ2) is 7.11. The molecule has 1 N–H and O–H groups in total. The molecule has 0 aliphatic heterocycles. The van der Waals surface area contributed by atoms with Crippen molar-refractivity contribution in [1.82, 2.24) is 0 Å². The maximum atomic E-state index is 10.7. The van der Waals surface area contributed by atoms with Crippen LogP contribution >= 0.6 is 23.2 Å². The van der Waals surface area contributed by atoms with Crippen LogP contribution in [0.5, 0.6) is 0 Å². The van der Waals surface area contributed by atoms with Gasteiger partial charge in [0.25, 0.3) is 5.69 Å². The average Bonchev–Trinajstić information content (AvgIpc) is 2.89. The standard InChI is InChI=1S/C13H16Cl2N2O3/c14-11-7-9(17(18)19)8-12(15)13(11)16-5-6-20-10-3-1-2-4-10/h7-8,10,16H,1-6H2. The van der Waals surface area contributed by atoms with Gasteiger partial charge in [0, 0.05) is 18.7 Å². The van der Waals surface area contributed by atoms with Gasteiger partial charge in [-0.2, -0.15) is 0 Å². The second-order valence-electron chi connectivity index (χ2n) is 4.75. The van der Waals surface area contributed by atoms with Gasteiger partial charge >= 0.3 is 0 Å². The number of anilines is 1. The van der Waals surface area contributed by atoms with Crippen LogP contribution in [0.2, 0.25) is 10.0 Å². The van der Waals surface area contributed by atoms with E-state index in [0.29, 0.717) is 24.9 Å². The van der Waals surface area contributed by atoms with Crippen LogP contribution in [0.1, 0.15) is 25.7 Å². The fourth-order valence-electron chi connectivity index (χ4n) is 2.29. The van der Waals surface area contributed by atoms with Crippen LogP contribution in [0.25, 0.3) is 0 Å². The van der Waals surface area contributed by atoms with E-state index in [4.69, 9.17) is 27.9 Å². The quantitative estimate of drug-likeness (QED) is 0.483. The highest BCUT2D eigenvalue weighted by Gasteiger charge is 2.16. The maximum Gasteiger partial charge on any atom is 0.272 e. The predicted octanol–water partition coefficient (Wildman–Crippen LogP) is 4.27. The molecule has 0 amide bonds. The van der Waals surface area contributed by atoms with Crippen molar-refractivity contribution in [2.24, 2.45) is 0 Å². The van der Waals surface area contributed by atoms with Gasteiger partial charge in [-0.25, -0.2) is 0 Å². The molecule has 0 saturated heterocycles. The second-order valence-corrected chi connectivity index (χ2v) is 5.56. The summed E-state index contributed by atoms with van der Waals surface area (Å²) in [4.78, 5) is 10.1. The molecule has 1 saturated carbocycles. The normalized spacial score (nSPS) is 15.5. The molecular weight excluding hydrogens is 303 g/mol. The number of rotatable bonds is 6. The van der Waals surface area contributed by atoms with Crippen LogP contribution in [0, 0.1) is 10.1 Å². The largest absolute Gasteiger partial charge is 0.380 e. The Kier molecular flexibility index (Phi) is 5.46. The van der Waals surface area contributed by atoms with Gasteiger partial charge in [-0.05, 0) is 12.8 Å². The van der Waals surface area contributed by atoms with Crippen molar-refractivity contribution < 1.29 is 9.66 Å². The molecule has 1 aliphatic rings. The van der Waals surface area contributed by atoms with Gasteiger partial charge < -0.3 is 10.1 Å². The van der Waals surface area contributed by atoms with E-state index in [2.05, 4.69) is 5.32 Å². The van der Waals surface area contributed by atoms with Gasteiger partial charge in [0.2, 0.25) is 0 Å². The molecule has 0 heterocycles. The lowest BCUT2D eigenvalue weighted by atomic mass is 10.2. The Bertz CT molecular complexity index is 467. The number of benzene rings is 1. The van der Waals surface area contributed by atoms with Crippen molar-refractivity contribution >= 4 is 34.6 Å². The van der Waals surface area contributed by atoms with E-state index in [9.17, 15) is 10.1 Å². The van der Waals surface area contributed by atoms with Crippen LogP contribution in [-0.4, -0.2) is 24.2 Å². The molecule has 110 valence electrons. The number of nitro groups is 1. The first kappa shape index (κ1) is 15.4. The molecule has 1 aliphatic carbocycles. The summed E-state index contributed by atoms with van der Waals surface area (Å²) in [6, 6.07) is 2.57. The molecule has 0 unspecified atom stereocenters. The summed E-state index contributed by atoms with van der Waals surface area (Å²) in [5, 5.41) is 14.2. The van der Waals surface area contributed by atoms with Gasteiger partial charge in [0.1, 0.15) is 0 Å². The molecule has 0 radical (unpaired) electrons. The van der Waals surface area contributed by atoms with Crippen molar-refractivity contribution in [3.63, 3.8) is 0 Å². The SMILES string of the molecule is O=[N+]([O-])c1cc(Cl)c(NCCOC2CCCC2)c(Cl)c1. The number of hydrogen-bond donors (Lipinski definition) is 1. The van der Waals surface area contributed by atoms with Gasteiger partial charge in [0.05, 0.1) is 33.4 Å². The number of hydrogen-bond acceptors (Lipinski definition) is 4. The van der Waals surface area contributed by atoms with E-state index in [-0.39, 0.29) is 15.7 Å². The number of non-ortho nitro benzene ring substituents is 1. The van der Waals surface area contributed by atoms with E-state index < -0.39 is 4.92 Å². The molecule has 1 aromatic rings. The number of nitro benzene ring substituents is 1. The molecule has 0 atom stereocenters. The Hall–Kier alpha value is -1.04. The maximum absolute atomic E-state index is 10.7. The van der Waals surface area contributed by atoms with E-state index >= 15 is 0 Å². The molecule has 0 bridgehead atoms. The highest BCUT2D eigenvalue weighted by Crippen LogP contribution is 2.34. The lowest BCUT2D eigenvalue weighted by molar-refractivity contribution is -0.384. The molecule has 1 fully saturated rings. The van der Waals surface area contributed by atoms with Crippen molar-refractivity contribution in [3.05, 3.63) is 32.3 Å². The van der Waals surface area contributed by atoms with Gasteiger partial charge in [-0.15, -0.1) is 0 Å². The molecule has 0 spiro atoms. The van der Waals surface area contributed by atoms with Crippen LogP contribution in [0.4, 0.5) is 11.4 Å². The van der Waals surface area contributed by atoms with Gasteiger partial charge in [-0.3, -0.25) is 10.1 Å². The fourth-order valence-corrected chi connectivity index (χ4v) is 2.90. The third-order valence-corrected chi connectivity index (χ3v) is 3.89. The Labute approximate surface area is 127 Å². The zero-order valence-corrected chi connectivity index (χ0v) is 12.4. The predicted molar refractivity (Wildman–Crippen MR) is 79.8 cm³/mol. The van der Waals surface area contributed by atoms with Crippen LogP contribution in [0.15, 0.2) is 12.1 Å². The Morgan fingerprint density at radius 2 is 1.90 bits per heavy atom. The molecular formula is C13H16Cl2N2O3. The molecule has 5 nitrogen and oxygen atoms in total. The third kappa shape index (κ3) is 3.98. The summed E-state index contributed by atoms with van der Waals surface area (Å²) in [7, 11) is 0. The lowest BCUT2D eigenvalue weighted by Gasteiger charge is -2.13. The summed E-state index contributed by atoms with van der Waals surface area (Å²) in [6.45, 7) is 1.13. The summed E-state index contributed by atoms with van der Waals surface area (Å²) in [5.74, 6) is 0. The fraction of sp³-hybridized carbons (Fsp3) is 0.538. The number of ether oxygens (including phenoxy) is 1. The number of nitrogens with one attached hydrogen (secondary N) is 1. The van der Waals surface area contributed by atoms with E-state index in [0.717, 1.165) is 12.8 Å². The molecule has 20 heavy (non-hydrogen) atoms. The molecule has 0 aromatic heterocycles. The monoisotopic (exact) mass is 318 g/mol. The zero-order valence-electron chi connectivity index (χ0n) is 10.9. The Morgan fingerprint density at radius 3 is 2.45 bits per heavy atom. The van der Waals surface area contributed by atoms with Crippen LogP contribution in [-0.2, 0) is 4.74 Å². The molecule has 1 aromatic carbocycles. The first-order valence-electron chi connectivity index (χ1n) is 6.57. The highest BCUT2D eigenvalue weighted by molar-refractivity contribution is 6.39. The van der Waals surface area contributed by atoms with Crippen molar-refractivity contribution in [2.45, 2.75) is 31.8 Å². The van der Waals surface area contributed by atoms with Crippen LogP contribution < -0.4 is 5.32 Å². The van der Waals surface area contributed by atoms with Crippen molar-refractivity contribution in [2.75, 3.05) is 18.5 Å². The summed E-state index contributed by atoms with van der Waals surface area (Å²) in [6.07, 6.45) is 5.08. The number of halogens is 2. The van der Waals surface area contributed by atoms with Crippen molar-refractivity contribution in [3.8, 4) is 0 Å². The lowest BCUT2D eigenvalue weighted by Crippen LogP contribution is -2.15. The average molecular weight is 319 g/mol. The summed E-state index contributed by atoms with van der Waals surface area (Å²) >= 11 is 12.0. The first-order chi connectivity index (χ1) is 9.58. The Balaban J connectivity index is 1.87. The van der Waals surface area contributed by atoms with Crippen LogP contribution in [0.3, 0.4) is 0 Å². The molecule has 7 heteroatoms. The summed E-state index contributed by atoms with van der Waals surface area (Å²) < 4.78 is 5.71. The molecule has 2 rings (SSSR count). The minimum absolute atomic E-state index is 0.118. The van der Waals surface area contributed by atoms with Crippen molar-refractivity contribution in [1.29, 1.82) is 0 Å². The van der Waals surface area contributed by atoms with E-state index in [1.165, 1.54) is 25.0 Å². The third-order valence-electron chi connectivity index (χ3n) is 3.30. The minimum Gasteiger partial charge on any atom is -0.380 e. The number of nitrogens with zero attached hydrogens (tertiary/aromatic N) is 1. The zero-order chi connectivity index (χ0) is 14.5. The summed E-state index contributed by atoms with van der Waals surface area (Å²) in [5.41, 5.74) is 0.390.